The molecule has 0 fully saturated rings. The van der Waals surface area contributed by atoms with Crippen LogP contribution in [0.15, 0.2) is 16.6 Å². The van der Waals surface area contributed by atoms with E-state index in [9.17, 15) is 0 Å². The van der Waals surface area contributed by atoms with Crippen LogP contribution in [0.4, 0.5) is 0 Å². The van der Waals surface area contributed by atoms with Gasteiger partial charge in [-0.1, -0.05) is 0 Å². The molecule has 0 aliphatic carbocycles. The molecule has 0 saturated carbocycles. The van der Waals surface area contributed by atoms with Crippen molar-refractivity contribution >= 4 is 15.9 Å². The molecule has 0 aliphatic rings. The first-order chi connectivity index (χ1) is 8.72. The molecule has 0 heterocycles. The Morgan fingerprint density at radius 3 is 2.67 bits per heavy atom. The van der Waals surface area contributed by atoms with Crippen LogP contribution < -0.4 is 15.2 Å². The van der Waals surface area contributed by atoms with E-state index in [1.165, 1.54) is 0 Å². The summed E-state index contributed by atoms with van der Waals surface area (Å²) in [7, 11) is 1.61. The van der Waals surface area contributed by atoms with Gasteiger partial charge < -0.3 is 20.3 Å². The average molecular weight is 318 g/mol. The quantitative estimate of drug-likeness (QED) is 0.723. The van der Waals surface area contributed by atoms with Crippen molar-refractivity contribution in [2.24, 2.45) is 5.73 Å². The van der Waals surface area contributed by atoms with Crippen molar-refractivity contribution in [3.8, 4) is 11.5 Å². The number of aliphatic hydroxyl groups excluding tert-OH is 1. The van der Waals surface area contributed by atoms with Gasteiger partial charge in [0.2, 0.25) is 0 Å². The highest BCUT2D eigenvalue weighted by Gasteiger charge is 2.10. The number of unbranched alkanes of at least 4 members (excludes halogenated alkanes) is 2. The minimum absolute atomic E-state index is 0.234. The highest BCUT2D eigenvalue weighted by atomic mass is 79.9. The second-order valence-electron chi connectivity index (χ2n) is 3.95. The number of aliphatic hydroxyl groups is 1. The number of benzene rings is 1. The summed E-state index contributed by atoms with van der Waals surface area (Å²) in [6, 6.07) is 3.82. The van der Waals surface area contributed by atoms with Gasteiger partial charge in [-0.25, -0.2) is 0 Å². The van der Waals surface area contributed by atoms with Crippen molar-refractivity contribution in [3.05, 3.63) is 22.2 Å². The SMILES string of the molecule is COc1cc(CN)cc(Br)c1OCCCCCO. The van der Waals surface area contributed by atoms with Gasteiger partial charge in [-0.2, -0.15) is 0 Å². The molecule has 0 spiro atoms. The molecule has 1 aromatic carbocycles. The highest BCUT2D eigenvalue weighted by molar-refractivity contribution is 9.10. The minimum Gasteiger partial charge on any atom is -0.493 e. The van der Waals surface area contributed by atoms with E-state index < -0.39 is 0 Å². The fraction of sp³-hybridized carbons (Fsp3) is 0.538. The van der Waals surface area contributed by atoms with Gasteiger partial charge in [-0.15, -0.1) is 0 Å². The zero-order chi connectivity index (χ0) is 13.4. The fourth-order valence-corrected chi connectivity index (χ4v) is 2.20. The van der Waals surface area contributed by atoms with Crippen molar-refractivity contribution < 1.29 is 14.6 Å². The van der Waals surface area contributed by atoms with Crippen molar-refractivity contribution in [2.45, 2.75) is 25.8 Å². The average Bonchev–Trinajstić information content (AvgIpc) is 2.39. The Labute approximate surface area is 116 Å². The maximum atomic E-state index is 8.69. The van der Waals surface area contributed by atoms with Crippen LogP contribution in [0.3, 0.4) is 0 Å². The van der Waals surface area contributed by atoms with Crippen LogP contribution in [-0.2, 0) is 6.54 Å². The second-order valence-corrected chi connectivity index (χ2v) is 4.80. The summed E-state index contributed by atoms with van der Waals surface area (Å²) in [6.07, 6.45) is 2.68. The molecule has 0 radical (unpaired) electrons. The van der Waals surface area contributed by atoms with Crippen molar-refractivity contribution in [2.75, 3.05) is 20.3 Å². The number of nitrogens with two attached hydrogens (primary N) is 1. The van der Waals surface area contributed by atoms with Crippen molar-refractivity contribution in [3.63, 3.8) is 0 Å². The van der Waals surface area contributed by atoms with Gasteiger partial charge in [0.25, 0.3) is 0 Å². The molecule has 0 saturated heterocycles. The molecular formula is C13H20BrNO3. The minimum atomic E-state index is 0.234. The maximum Gasteiger partial charge on any atom is 0.175 e. The van der Waals surface area contributed by atoms with Gasteiger partial charge in [-0.05, 0) is 52.9 Å². The Kier molecular flexibility index (Phi) is 7.08. The molecule has 18 heavy (non-hydrogen) atoms. The van der Waals surface area contributed by atoms with E-state index in [4.69, 9.17) is 20.3 Å². The van der Waals surface area contributed by atoms with E-state index in [-0.39, 0.29) is 6.61 Å². The molecule has 1 aromatic rings. The zero-order valence-electron chi connectivity index (χ0n) is 10.6. The molecule has 5 heteroatoms. The number of rotatable bonds is 8. The third-order valence-corrected chi connectivity index (χ3v) is 3.16. The number of methoxy groups -OCH3 is 1. The smallest absolute Gasteiger partial charge is 0.175 e. The van der Waals surface area contributed by atoms with Crippen LogP contribution in [0.5, 0.6) is 11.5 Å². The summed E-state index contributed by atoms with van der Waals surface area (Å²) in [4.78, 5) is 0. The number of hydrogen-bond acceptors (Lipinski definition) is 4. The Morgan fingerprint density at radius 1 is 1.28 bits per heavy atom. The molecule has 0 amide bonds. The second kappa shape index (κ2) is 8.34. The summed E-state index contributed by atoms with van der Waals surface area (Å²) < 4.78 is 11.9. The molecule has 1 rings (SSSR count). The van der Waals surface area contributed by atoms with Crippen LogP contribution >= 0.6 is 15.9 Å². The molecule has 102 valence electrons. The Morgan fingerprint density at radius 2 is 2.06 bits per heavy atom. The van der Waals surface area contributed by atoms with Crippen molar-refractivity contribution in [1.29, 1.82) is 0 Å². The standard InChI is InChI=1S/C13H20BrNO3/c1-17-12-8-10(9-15)7-11(14)13(12)18-6-4-2-3-5-16/h7-8,16H,2-6,9,15H2,1H3. The van der Waals surface area contributed by atoms with E-state index in [0.29, 0.717) is 24.7 Å². The van der Waals surface area contributed by atoms with Crippen molar-refractivity contribution in [1.82, 2.24) is 0 Å². The van der Waals surface area contributed by atoms with E-state index in [1.807, 2.05) is 12.1 Å². The molecule has 3 N–H and O–H groups in total. The van der Waals surface area contributed by atoms with Crippen LogP contribution in [0.25, 0.3) is 0 Å². The van der Waals surface area contributed by atoms with E-state index in [2.05, 4.69) is 15.9 Å². The van der Waals surface area contributed by atoms with Gasteiger partial charge in [-0.3, -0.25) is 0 Å². The van der Waals surface area contributed by atoms with E-state index in [0.717, 1.165) is 29.3 Å². The van der Waals surface area contributed by atoms with Gasteiger partial charge in [0.15, 0.2) is 11.5 Å². The lowest BCUT2D eigenvalue weighted by Crippen LogP contribution is -2.03. The molecular weight excluding hydrogens is 298 g/mol. The largest absolute Gasteiger partial charge is 0.493 e. The molecule has 0 atom stereocenters. The Balaban J connectivity index is 2.63. The lowest BCUT2D eigenvalue weighted by molar-refractivity contribution is 0.259. The number of halogens is 1. The summed E-state index contributed by atoms with van der Waals surface area (Å²) in [6.45, 7) is 1.31. The normalized spacial score (nSPS) is 10.4. The van der Waals surface area contributed by atoms with E-state index >= 15 is 0 Å². The third-order valence-electron chi connectivity index (χ3n) is 2.57. The van der Waals surface area contributed by atoms with Gasteiger partial charge in [0.1, 0.15) is 0 Å². The summed E-state index contributed by atoms with van der Waals surface area (Å²) in [5, 5.41) is 8.69. The zero-order valence-corrected chi connectivity index (χ0v) is 12.2. The van der Waals surface area contributed by atoms with Crippen LogP contribution in [0.1, 0.15) is 24.8 Å². The lowest BCUT2D eigenvalue weighted by Gasteiger charge is -2.13. The van der Waals surface area contributed by atoms with Crippen LogP contribution in [-0.4, -0.2) is 25.4 Å². The molecule has 0 aliphatic heterocycles. The molecule has 0 bridgehead atoms. The Hall–Kier alpha value is -0.780. The summed E-state index contributed by atoms with van der Waals surface area (Å²) >= 11 is 3.46. The maximum absolute atomic E-state index is 8.69. The van der Waals surface area contributed by atoms with E-state index in [1.54, 1.807) is 7.11 Å². The fourth-order valence-electron chi connectivity index (χ4n) is 1.60. The molecule has 0 aromatic heterocycles. The van der Waals surface area contributed by atoms with Gasteiger partial charge in [0, 0.05) is 13.2 Å². The topological polar surface area (TPSA) is 64.7 Å². The highest BCUT2D eigenvalue weighted by Crippen LogP contribution is 2.36. The monoisotopic (exact) mass is 317 g/mol. The molecule has 0 unspecified atom stereocenters. The lowest BCUT2D eigenvalue weighted by atomic mass is 10.2. The van der Waals surface area contributed by atoms with Gasteiger partial charge >= 0.3 is 0 Å². The first kappa shape index (κ1) is 15.3. The molecule has 4 nitrogen and oxygen atoms in total. The van der Waals surface area contributed by atoms with Crippen LogP contribution in [0.2, 0.25) is 0 Å². The third kappa shape index (κ3) is 4.48. The van der Waals surface area contributed by atoms with Gasteiger partial charge in [0.05, 0.1) is 18.2 Å². The predicted octanol–water partition coefficient (Wildman–Crippen LogP) is 2.46. The first-order valence-corrected chi connectivity index (χ1v) is 6.82. The van der Waals surface area contributed by atoms with Crippen LogP contribution in [0, 0.1) is 0 Å². The summed E-state index contributed by atoms with van der Waals surface area (Å²) in [5.41, 5.74) is 6.60. The first-order valence-electron chi connectivity index (χ1n) is 6.03. The Bertz CT molecular complexity index is 371. The summed E-state index contributed by atoms with van der Waals surface area (Å²) in [5.74, 6) is 1.39. The number of hydrogen-bond donors (Lipinski definition) is 2. The number of ether oxygens (including phenoxy) is 2. The predicted molar refractivity (Wildman–Crippen MR) is 75.0 cm³/mol.